The first-order chi connectivity index (χ1) is 12.6. The van der Waals surface area contributed by atoms with Gasteiger partial charge >= 0.3 is 5.97 Å². The molecule has 0 aliphatic carbocycles. The molecule has 0 unspecified atom stereocenters. The summed E-state index contributed by atoms with van der Waals surface area (Å²) in [6.07, 6.45) is 0.624. The van der Waals surface area contributed by atoms with Crippen LogP contribution in [0.2, 0.25) is 0 Å². The number of hydrogen-bond acceptors (Lipinski definition) is 5. The molecule has 0 saturated heterocycles. The van der Waals surface area contributed by atoms with Crippen LogP contribution >= 0.6 is 0 Å². The molecular weight excluding hydrogens is 334 g/mol. The maximum atomic E-state index is 12.6. The zero-order chi connectivity index (χ0) is 18.5. The molecule has 1 aliphatic rings. The zero-order valence-electron chi connectivity index (χ0n) is 14.4. The standard InChI is InChI=1S/C20H19NO5/c1-14(20(24)21-11-10-16-4-2-3-5-18(16)21)26-19(23)13-25-17-8-6-15(12-22)7-9-17/h2-9,12,14H,10-11,13H2,1H3/t14-/m0/s1. The van der Waals surface area contributed by atoms with Crippen molar-refractivity contribution in [2.75, 3.05) is 18.1 Å². The van der Waals surface area contributed by atoms with Crippen molar-refractivity contribution in [1.29, 1.82) is 0 Å². The lowest BCUT2D eigenvalue weighted by molar-refractivity contribution is -0.155. The van der Waals surface area contributed by atoms with E-state index in [1.54, 1.807) is 36.1 Å². The fourth-order valence-corrected chi connectivity index (χ4v) is 2.85. The highest BCUT2D eigenvalue weighted by Crippen LogP contribution is 2.28. The number of para-hydroxylation sites is 1. The van der Waals surface area contributed by atoms with Gasteiger partial charge in [0.1, 0.15) is 12.0 Å². The summed E-state index contributed by atoms with van der Waals surface area (Å²) in [6.45, 7) is 1.83. The minimum absolute atomic E-state index is 0.251. The molecule has 6 nitrogen and oxygen atoms in total. The molecule has 1 atom stereocenters. The van der Waals surface area contributed by atoms with Crippen LogP contribution in [0.5, 0.6) is 5.75 Å². The molecule has 26 heavy (non-hydrogen) atoms. The van der Waals surface area contributed by atoms with Gasteiger partial charge < -0.3 is 14.4 Å². The van der Waals surface area contributed by atoms with Crippen molar-refractivity contribution in [1.82, 2.24) is 0 Å². The smallest absolute Gasteiger partial charge is 0.344 e. The van der Waals surface area contributed by atoms with Gasteiger partial charge in [0, 0.05) is 17.8 Å². The van der Waals surface area contributed by atoms with Crippen molar-refractivity contribution in [2.24, 2.45) is 0 Å². The normalized spacial score (nSPS) is 13.7. The number of amides is 1. The van der Waals surface area contributed by atoms with E-state index in [9.17, 15) is 14.4 Å². The predicted octanol–water partition coefficient (Wildman–Crippen LogP) is 2.40. The summed E-state index contributed by atoms with van der Waals surface area (Å²) >= 11 is 0. The third-order valence-electron chi connectivity index (χ3n) is 4.18. The molecule has 1 amide bonds. The largest absolute Gasteiger partial charge is 0.482 e. The van der Waals surface area contributed by atoms with Gasteiger partial charge in [-0.05, 0) is 49.2 Å². The van der Waals surface area contributed by atoms with E-state index < -0.39 is 12.1 Å². The lowest BCUT2D eigenvalue weighted by atomic mass is 10.2. The van der Waals surface area contributed by atoms with Gasteiger partial charge in [0.05, 0.1) is 0 Å². The first kappa shape index (κ1) is 17.7. The van der Waals surface area contributed by atoms with Crippen LogP contribution in [0.1, 0.15) is 22.8 Å². The molecule has 0 saturated carbocycles. The van der Waals surface area contributed by atoms with Gasteiger partial charge in [-0.15, -0.1) is 0 Å². The lowest BCUT2D eigenvalue weighted by Gasteiger charge is -2.21. The summed E-state index contributed by atoms with van der Waals surface area (Å²) in [7, 11) is 0. The molecule has 0 bridgehead atoms. The van der Waals surface area contributed by atoms with Crippen LogP contribution in [0.4, 0.5) is 5.69 Å². The quantitative estimate of drug-likeness (QED) is 0.589. The third-order valence-corrected chi connectivity index (χ3v) is 4.18. The number of ether oxygens (including phenoxy) is 2. The van der Waals surface area contributed by atoms with Gasteiger partial charge in [-0.3, -0.25) is 9.59 Å². The number of benzene rings is 2. The summed E-state index contributed by atoms with van der Waals surface area (Å²) in [4.78, 5) is 36.8. The van der Waals surface area contributed by atoms with Crippen molar-refractivity contribution < 1.29 is 23.9 Å². The Hall–Kier alpha value is -3.15. The highest BCUT2D eigenvalue weighted by molar-refractivity contribution is 5.99. The van der Waals surface area contributed by atoms with Gasteiger partial charge in [-0.1, -0.05) is 18.2 Å². The highest BCUT2D eigenvalue weighted by Gasteiger charge is 2.29. The average Bonchev–Trinajstić information content (AvgIpc) is 3.10. The molecule has 1 heterocycles. The lowest BCUT2D eigenvalue weighted by Crippen LogP contribution is -2.39. The van der Waals surface area contributed by atoms with Crippen molar-refractivity contribution in [3.63, 3.8) is 0 Å². The van der Waals surface area contributed by atoms with Gasteiger partial charge in [0.2, 0.25) is 0 Å². The molecule has 0 fully saturated rings. The topological polar surface area (TPSA) is 72.9 Å². The molecule has 2 aromatic rings. The Morgan fingerprint density at radius 3 is 2.62 bits per heavy atom. The van der Waals surface area contributed by atoms with Crippen molar-refractivity contribution in [3.8, 4) is 5.75 Å². The van der Waals surface area contributed by atoms with Gasteiger partial charge in [0.15, 0.2) is 12.7 Å². The number of fused-ring (bicyclic) bond motifs is 1. The van der Waals surface area contributed by atoms with E-state index in [-0.39, 0.29) is 12.5 Å². The van der Waals surface area contributed by atoms with E-state index >= 15 is 0 Å². The second-order valence-electron chi connectivity index (χ2n) is 5.98. The summed E-state index contributed by atoms with van der Waals surface area (Å²) in [5.74, 6) is -0.434. The number of esters is 1. The van der Waals surface area contributed by atoms with Crippen LogP contribution < -0.4 is 9.64 Å². The molecule has 0 N–H and O–H groups in total. The number of rotatable bonds is 6. The van der Waals surface area contributed by atoms with Gasteiger partial charge in [0.25, 0.3) is 5.91 Å². The third kappa shape index (κ3) is 3.91. The summed E-state index contributed by atoms with van der Waals surface area (Å²) in [6, 6.07) is 14.1. The second-order valence-corrected chi connectivity index (χ2v) is 5.98. The van der Waals surface area contributed by atoms with Crippen molar-refractivity contribution in [2.45, 2.75) is 19.4 Å². The summed E-state index contributed by atoms with van der Waals surface area (Å²) in [5, 5.41) is 0. The van der Waals surface area contributed by atoms with E-state index in [4.69, 9.17) is 9.47 Å². The molecule has 0 spiro atoms. The van der Waals surface area contributed by atoms with E-state index in [2.05, 4.69) is 0 Å². The summed E-state index contributed by atoms with van der Waals surface area (Å²) < 4.78 is 10.5. The molecule has 3 rings (SSSR count). The minimum Gasteiger partial charge on any atom is -0.482 e. The number of nitrogens with zero attached hydrogens (tertiary/aromatic N) is 1. The molecular formula is C20H19NO5. The van der Waals surface area contributed by atoms with Crippen molar-refractivity contribution >= 4 is 23.9 Å². The Morgan fingerprint density at radius 2 is 1.88 bits per heavy atom. The monoisotopic (exact) mass is 353 g/mol. The van der Waals surface area contributed by atoms with E-state index in [1.165, 1.54) is 0 Å². The molecule has 134 valence electrons. The summed E-state index contributed by atoms with van der Waals surface area (Å²) in [5.41, 5.74) is 2.50. The Balaban J connectivity index is 1.52. The second kappa shape index (κ2) is 7.82. The predicted molar refractivity (Wildman–Crippen MR) is 95.4 cm³/mol. The molecule has 0 radical (unpaired) electrons. The first-order valence-electron chi connectivity index (χ1n) is 8.35. The van der Waals surface area contributed by atoms with Gasteiger partial charge in [-0.2, -0.15) is 0 Å². The van der Waals surface area contributed by atoms with Crippen LogP contribution in [0.15, 0.2) is 48.5 Å². The van der Waals surface area contributed by atoms with Crippen LogP contribution in [0.25, 0.3) is 0 Å². The molecule has 6 heteroatoms. The van der Waals surface area contributed by atoms with E-state index in [0.717, 1.165) is 24.0 Å². The Labute approximate surface area is 151 Å². The van der Waals surface area contributed by atoms with Crippen molar-refractivity contribution in [3.05, 3.63) is 59.7 Å². The van der Waals surface area contributed by atoms with E-state index in [1.807, 2.05) is 24.3 Å². The Morgan fingerprint density at radius 1 is 1.15 bits per heavy atom. The van der Waals surface area contributed by atoms with Crippen LogP contribution in [0.3, 0.4) is 0 Å². The fraction of sp³-hybridized carbons (Fsp3) is 0.250. The molecule has 2 aromatic carbocycles. The van der Waals surface area contributed by atoms with E-state index in [0.29, 0.717) is 17.9 Å². The Bertz CT molecular complexity index is 815. The highest BCUT2D eigenvalue weighted by atomic mass is 16.6. The SMILES string of the molecule is C[C@H](OC(=O)COc1ccc(C=O)cc1)C(=O)N1CCc2ccccc21. The van der Waals surface area contributed by atoms with Gasteiger partial charge in [-0.25, -0.2) is 4.79 Å². The zero-order valence-corrected chi connectivity index (χ0v) is 14.4. The molecule has 1 aliphatic heterocycles. The number of carbonyl (C=O) groups is 3. The maximum absolute atomic E-state index is 12.6. The van der Waals surface area contributed by atoms with Crippen LogP contribution in [-0.4, -0.2) is 37.4 Å². The maximum Gasteiger partial charge on any atom is 0.344 e. The average molecular weight is 353 g/mol. The fourth-order valence-electron chi connectivity index (χ4n) is 2.85. The Kier molecular flexibility index (Phi) is 5.31. The first-order valence-corrected chi connectivity index (χ1v) is 8.35. The number of carbonyl (C=O) groups excluding carboxylic acids is 3. The van der Waals surface area contributed by atoms with Crippen LogP contribution in [-0.2, 0) is 20.7 Å². The number of anilines is 1. The van der Waals surface area contributed by atoms with Crippen LogP contribution in [0, 0.1) is 0 Å². The minimum atomic E-state index is -0.894. The number of aldehydes is 1. The molecule has 0 aromatic heterocycles. The number of hydrogen-bond donors (Lipinski definition) is 0.